The summed E-state index contributed by atoms with van der Waals surface area (Å²) in [5.41, 5.74) is 1.66. The third kappa shape index (κ3) is 3.93. The molecule has 0 spiro atoms. The lowest BCUT2D eigenvalue weighted by atomic mass is 9.97. The van der Waals surface area contributed by atoms with Crippen molar-refractivity contribution in [2.45, 2.75) is 31.5 Å². The number of nitrogens with zero attached hydrogens (tertiary/aromatic N) is 2. The van der Waals surface area contributed by atoms with Gasteiger partial charge in [0.05, 0.1) is 11.8 Å². The second-order valence-corrected chi connectivity index (χ2v) is 9.28. The van der Waals surface area contributed by atoms with Crippen LogP contribution in [0.15, 0.2) is 76.9 Å². The van der Waals surface area contributed by atoms with E-state index in [1.807, 2.05) is 18.2 Å². The number of rotatable bonds is 5. The highest BCUT2D eigenvalue weighted by Crippen LogP contribution is 2.43. The molecule has 3 aliphatic heterocycles. The first-order chi connectivity index (χ1) is 17.6. The van der Waals surface area contributed by atoms with Crippen LogP contribution in [0.4, 0.5) is 0 Å². The van der Waals surface area contributed by atoms with E-state index in [2.05, 4.69) is 17.0 Å². The van der Waals surface area contributed by atoms with Crippen molar-refractivity contribution in [3.05, 3.63) is 89.4 Å². The van der Waals surface area contributed by atoms with Gasteiger partial charge in [0, 0.05) is 31.2 Å². The van der Waals surface area contributed by atoms with E-state index in [0.717, 1.165) is 32.5 Å². The fraction of sp³-hybridized carbons (Fsp3) is 0.286. The zero-order valence-electron chi connectivity index (χ0n) is 19.6. The maximum absolute atomic E-state index is 13.3. The first kappa shape index (κ1) is 22.4. The molecule has 0 radical (unpaired) electrons. The molecule has 1 N–H and O–H groups in total. The summed E-state index contributed by atoms with van der Waals surface area (Å²) in [6.45, 7) is 2.54. The lowest BCUT2D eigenvalue weighted by molar-refractivity contribution is -0.142. The number of carbonyl (C=O) groups is 2. The molecule has 4 heterocycles. The van der Waals surface area contributed by atoms with Crippen molar-refractivity contribution >= 4 is 17.4 Å². The summed E-state index contributed by atoms with van der Waals surface area (Å²) in [6, 6.07) is 17.7. The van der Waals surface area contributed by atoms with Crippen LogP contribution >= 0.6 is 0 Å². The summed E-state index contributed by atoms with van der Waals surface area (Å²) in [6.07, 6.45) is 2.96. The Labute approximate surface area is 208 Å². The molecule has 1 amide bonds. The number of hydrogen-bond donors (Lipinski definition) is 1. The highest BCUT2D eigenvalue weighted by atomic mass is 16.7. The molecule has 2 fully saturated rings. The predicted molar refractivity (Wildman–Crippen MR) is 130 cm³/mol. The van der Waals surface area contributed by atoms with Crippen LogP contribution < -0.4 is 9.47 Å². The van der Waals surface area contributed by atoms with Gasteiger partial charge >= 0.3 is 0 Å². The number of amides is 1. The maximum atomic E-state index is 13.3. The molecule has 3 aromatic rings. The zero-order valence-corrected chi connectivity index (χ0v) is 19.6. The van der Waals surface area contributed by atoms with Gasteiger partial charge in [-0.3, -0.25) is 14.5 Å². The number of piperidine rings is 1. The maximum Gasteiger partial charge on any atom is 0.296 e. The number of ether oxygens (including phenoxy) is 2. The van der Waals surface area contributed by atoms with E-state index in [1.54, 1.807) is 35.2 Å². The Balaban J connectivity index is 1.30. The number of benzene rings is 2. The van der Waals surface area contributed by atoms with Gasteiger partial charge in [-0.25, -0.2) is 0 Å². The van der Waals surface area contributed by atoms with Crippen LogP contribution in [-0.4, -0.2) is 52.5 Å². The molecule has 8 heteroatoms. The molecule has 36 heavy (non-hydrogen) atoms. The Morgan fingerprint density at radius 1 is 0.944 bits per heavy atom. The summed E-state index contributed by atoms with van der Waals surface area (Å²) in [5.74, 6) is -0.0794. The van der Waals surface area contributed by atoms with Gasteiger partial charge in [0.15, 0.2) is 11.5 Å². The molecule has 2 saturated heterocycles. The number of ketones is 1. The summed E-state index contributed by atoms with van der Waals surface area (Å²) in [5, 5.41) is 11.3. The molecule has 184 valence electrons. The van der Waals surface area contributed by atoms with Gasteiger partial charge in [0.25, 0.3) is 11.7 Å². The second-order valence-electron chi connectivity index (χ2n) is 9.28. The molecule has 0 aliphatic carbocycles. The zero-order chi connectivity index (χ0) is 24.6. The summed E-state index contributed by atoms with van der Waals surface area (Å²) in [4.78, 5) is 30.6. The van der Waals surface area contributed by atoms with E-state index in [9.17, 15) is 14.7 Å². The van der Waals surface area contributed by atoms with E-state index in [4.69, 9.17) is 13.9 Å². The minimum Gasteiger partial charge on any atom is -0.507 e. The topological polar surface area (TPSA) is 92.5 Å². The SMILES string of the molecule is O=C1C(=O)N(C2CCN(Cc3ccccc3)CC2)C(c2ccco2)/C1=C(/O)c1ccc2c(c1)OCO2. The molecule has 1 aromatic heterocycles. The monoisotopic (exact) mass is 486 g/mol. The average Bonchev–Trinajstić information content (AvgIpc) is 3.65. The third-order valence-electron chi connectivity index (χ3n) is 7.14. The second kappa shape index (κ2) is 9.20. The van der Waals surface area contributed by atoms with Gasteiger partial charge in [0.1, 0.15) is 17.6 Å². The van der Waals surface area contributed by atoms with E-state index in [1.165, 1.54) is 11.8 Å². The first-order valence-corrected chi connectivity index (χ1v) is 12.1. The van der Waals surface area contributed by atoms with Crippen LogP contribution in [-0.2, 0) is 16.1 Å². The van der Waals surface area contributed by atoms with Crippen LogP contribution in [0.1, 0.15) is 35.8 Å². The minimum atomic E-state index is -0.795. The minimum absolute atomic E-state index is 0.0283. The van der Waals surface area contributed by atoms with E-state index in [-0.39, 0.29) is 24.2 Å². The molecular formula is C28H26N2O6. The number of carbonyl (C=O) groups excluding carboxylic acids is 2. The van der Waals surface area contributed by atoms with Crippen LogP contribution in [0.5, 0.6) is 11.5 Å². The molecule has 1 atom stereocenters. The quantitative estimate of drug-likeness (QED) is 0.330. The number of Topliss-reactive ketones (excluding diaryl/α,β-unsaturated/α-hetero) is 1. The van der Waals surface area contributed by atoms with Gasteiger partial charge < -0.3 is 23.9 Å². The molecule has 8 nitrogen and oxygen atoms in total. The van der Waals surface area contributed by atoms with Crippen LogP contribution in [0.25, 0.3) is 5.76 Å². The third-order valence-corrected chi connectivity index (χ3v) is 7.14. The summed E-state index contributed by atoms with van der Waals surface area (Å²) >= 11 is 0. The van der Waals surface area contributed by atoms with Crippen molar-refractivity contribution in [1.29, 1.82) is 0 Å². The van der Waals surface area contributed by atoms with Crippen LogP contribution in [0.3, 0.4) is 0 Å². The molecule has 1 unspecified atom stereocenters. The summed E-state index contributed by atoms with van der Waals surface area (Å²) < 4.78 is 16.5. The number of fused-ring (bicyclic) bond motifs is 1. The summed E-state index contributed by atoms with van der Waals surface area (Å²) in [7, 11) is 0. The smallest absolute Gasteiger partial charge is 0.296 e. The van der Waals surface area contributed by atoms with E-state index >= 15 is 0 Å². The van der Waals surface area contributed by atoms with Crippen molar-refractivity contribution in [3.8, 4) is 11.5 Å². The van der Waals surface area contributed by atoms with Gasteiger partial charge in [-0.05, 0) is 48.7 Å². The van der Waals surface area contributed by atoms with Crippen molar-refractivity contribution in [1.82, 2.24) is 9.80 Å². The molecular weight excluding hydrogens is 460 g/mol. The molecule has 3 aliphatic rings. The number of furan rings is 1. The number of aliphatic hydroxyl groups excluding tert-OH is 1. The first-order valence-electron chi connectivity index (χ1n) is 12.1. The Bertz CT molecular complexity index is 1310. The fourth-order valence-corrected chi connectivity index (χ4v) is 5.35. The Kier molecular flexibility index (Phi) is 5.73. The largest absolute Gasteiger partial charge is 0.507 e. The Morgan fingerprint density at radius 3 is 2.47 bits per heavy atom. The fourth-order valence-electron chi connectivity index (χ4n) is 5.35. The molecule has 0 saturated carbocycles. The van der Waals surface area contributed by atoms with Crippen molar-refractivity contribution in [2.24, 2.45) is 0 Å². The van der Waals surface area contributed by atoms with Crippen molar-refractivity contribution < 1.29 is 28.6 Å². The molecule has 2 aromatic carbocycles. The van der Waals surface area contributed by atoms with E-state index in [0.29, 0.717) is 22.8 Å². The van der Waals surface area contributed by atoms with E-state index < -0.39 is 17.7 Å². The van der Waals surface area contributed by atoms with Gasteiger partial charge in [-0.1, -0.05) is 30.3 Å². The molecule has 6 rings (SSSR count). The lowest BCUT2D eigenvalue weighted by Gasteiger charge is -2.38. The highest BCUT2D eigenvalue weighted by Gasteiger charge is 2.50. The number of likely N-dealkylation sites (tertiary alicyclic amines) is 2. The average molecular weight is 487 g/mol. The van der Waals surface area contributed by atoms with Crippen LogP contribution in [0.2, 0.25) is 0 Å². The molecule has 0 bridgehead atoms. The van der Waals surface area contributed by atoms with Gasteiger partial charge in [-0.2, -0.15) is 0 Å². The van der Waals surface area contributed by atoms with Gasteiger partial charge in [0.2, 0.25) is 6.79 Å². The van der Waals surface area contributed by atoms with Crippen LogP contribution in [0, 0.1) is 0 Å². The standard InChI is InChI=1S/C28H26N2O6/c31-26(19-8-9-21-23(15-19)36-17-35-21)24-25(22-7-4-14-34-22)30(28(33)27(24)32)20-10-12-29(13-11-20)16-18-5-2-1-3-6-18/h1-9,14-15,20,25,31H,10-13,16-17H2/b26-24-. The predicted octanol–water partition coefficient (Wildman–Crippen LogP) is 4.09. The van der Waals surface area contributed by atoms with Crippen molar-refractivity contribution in [2.75, 3.05) is 19.9 Å². The lowest BCUT2D eigenvalue weighted by Crippen LogP contribution is -2.46. The highest BCUT2D eigenvalue weighted by molar-refractivity contribution is 6.46. The normalized spacial score (nSPS) is 21.9. The Morgan fingerprint density at radius 2 is 1.72 bits per heavy atom. The van der Waals surface area contributed by atoms with Crippen molar-refractivity contribution in [3.63, 3.8) is 0 Å². The number of aliphatic hydroxyl groups is 1. The Hall–Kier alpha value is -4.04. The number of hydrogen-bond acceptors (Lipinski definition) is 7. The van der Waals surface area contributed by atoms with Gasteiger partial charge in [-0.15, -0.1) is 0 Å².